The number of alkyl halides is 3. The summed E-state index contributed by atoms with van der Waals surface area (Å²) in [5.74, 6) is -1.26. The number of benzene rings is 2. The van der Waals surface area contributed by atoms with E-state index in [1.165, 1.54) is 18.2 Å². The summed E-state index contributed by atoms with van der Waals surface area (Å²) in [4.78, 5) is 13.2. The topological polar surface area (TPSA) is 38.3 Å². The van der Waals surface area contributed by atoms with E-state index < -0.39 is 28.9 Å². The zero-order valence-electron chi connectivity index (χ0n) is 16.1. The molecule has 0 heterocycles. The Labute approximate surface area is 167 Å². The summed E-state index contributed by atoms with van der Waals surface area (Å²) in [7, 11) is 0. The van der Waals surface area contributed by atoms with Crippen LogP contribution in [0.5, 0.6) is 5.75 Å². The third kappa shape index (κ3) is 4.38. The Morgan fingerprint density at radius 3 is 2.41 bits per heavy atom. The van der Waals surface area contributed by atoms with Crippen LogP contribution in [0.15, 0.2) is 42.5 Å². The molecule has 156 valence electrons. The lowest BCUT2D eigenvalue weighted by Gasteiger charge is -2.36. The van der Waals surface area contributed by atoms with E-state index in [2.05, 4.69) is 5.32 Å². The highest BCUT2D eigenvalue weighted by Gasteiger charge is 2.43. The van der Waals surface area contributed by atoms with Crippen LogP contribution in [-0.2, 0) is 16.4 Å². The predicted octanol–water partition coefficient (Wildman–Crippen LogP) is 6.08. The van der Waals surface area contributed by atoms with E-state index in [0.717, 1.165) is 25.3 Å². The molecular weight excluding hydrogens is 386 g/mol. The summed E-state index contributed by atoms with van der Waals surface area (Å²) in [6, 6.07) is 9.53. The third-order valence-corrected chi connectivity index (χ3v) is 5.37. The first kappa shape index (κ1) is 21.1. The Morgan fingerprint density at radius 2 is 1.79 bits per heavy atom. The van der Waals surface area contributed by atoms with Gasteiger partial charge in [-0.2, -0.15) is 13.2 Å². The minimum Gasteiger partial charge on any atom is -0.493 e. The van der Waals surface area contributed by atoms with E-state index in [4.69, 9.17) is 4.74 Å². The molecule has 1 aliphatic carbocycles. The molecule has 0 bridgehead atoms. The number of amides is 1. The molecule has 1 N–H and O–H groups in total. The van der Waals surface area contributed by atoms with Gasteiger partial charge >= 0.3 is 6.18 Å². The Kier molecular flexibility index (Phi) is 6.15. The highest BCUT2D eigenvalue weighted by molar-refractivity contribution is 5.99. The van der Waals surface area contributed by atoms with Gasteiger partial charge in [0.2, 0.25) is 5.91 Å². The van der Waals surface area contributed by atoms with Crippen LogP contribution in [0.2, 0.25) is 0 Å². The summed E-state index contributed by atoms with van der Waals surface area (Å²) < 4.78 is 59.8. The van der Waals surface area contributed by atoms with Crippen molar-refractivity contribution in [2.45, 2.75) is 50.6 Å². The van der Waals surface area contributed by atoms with Gasteiger partial charge in [-0.3, -0.25) is 4.79 Å². The third-order valence-electron chi connectivity index (χ3n) is 5.37. The average Bonchev–Trinajstić information content (AvgIpc) is 2.69. The van der Waals surface area contributed by atoms with Crippen molar-refractivity contribution in [3.05, 3.63) is 59.4 Å². The van der Waals surface area contributed by atoms with Crippen LogP contribution in [-0.4, -0.2) is 12.5 Å². The number of hydrogen-bond acceptors (Lipinski definition) is 2. The van der Waals surface area contributed by atoms with Crippen molar-refractivity contribution in [2.75, 3.05) is 11.9 Å². The standard InChI is InChI=1S/C22H23F4NO2/c1-2-29-19-11-10-15(14-17(19)22(24,25)26)27-20(28)21(12-6-3-7-13-21)16-8-4-5-9-18(16)23/h4-5,8-11,14H,2-3,6-7,12-13H2,1H3,(H,27,28). The van der Waals surface area contributed by atoms with Gasteiger partial charge in [-0.1, -0.05) is 37.5 Å². The summed E-state index contributed by atoms with van der Waals surface area (Å²) in [5.41, 5.74) is -1.76. The number of carbonyl (C=O) groups is 1. The molecular formula is C22H23F4NO2. The Balaban J connectivity index is 1.96. The number of rotatable bonds is 5. The molecule has 3 rings (SSSR count). The monoisotopic (exact) mass is 409 g/mol. The molecule has 1 saturated carbocycles. The number of halogens is 4. The number of hydrogen-bond donors (Lipinski definition) is 1. The highest BCUT2D eigenvalue weighted by Crippen LogP contribution is 2.42. The smallest absolute Gasteiger partial charge is 0.420 e. The van der Waals surface area contributed by atoms with Crippen molar-refractivity contribution in [1.82, 2.24) is 0 Å². The van der Waals surface area contributed by atoms with Gasteiger partial charge in [0.05, 0.1) is 17.6 Å². The first-order valence-corrected chi connectivity index (χ1v) is 9.68. The number of ether oxygens (including phenoxy) is 1. The van der Waals surface area contributed by atoms with Crippen LogP contribution in [0.1, 0.15) is 50.2 Å². The van der Waals surface area contributed by atoms with Crippen LogP contribution in [0, 0.1) is 5.82 Å². The van der Waals surface area contributed by atoms with E-state index in [9.17, 15) is 22.4 Å². The van der Waals surface area contributed by atoms with E-state index in [0.29, 0.717) is 18.4 Å². The maximum Gasteiger partial charge on any atom is 0.420 e. The molecule has 0 spiro atoms. The molecule has 1 amide bonds. The molecule has 3 nitrogen and oxygen atoms in total. The van der Waals surface area contributed by atoms with Gasteiger partial charge in [-0.15, -0.1) is 0 Å². The second-order valence-corrected chi connectivity index (χ2v) is 7.22. The lowest BCUT2D eigenvalue weighted by atomic mass is 9.68. The van der Waals surface area contributed by atoms with Gasteiger partial charge in [0, 0.05) is 11.3 Å². The quantitative estimate of drug-likeness (QED) is 0.608. The number of anilines is 1. The van der Waals surface area contributed by atoms with Crippen molar-refractivity contribution < 1.29 is 27.1 Å². The second-order valence-electron chi connectivity index (χ2n) is 7.22. The van der Waals surface area contributed by atoms with Crippen molar-refractivity contribution in [3.63, 3.8) is 0 Å². The molecule has 2 aromatic rings. The van der Waals surface area contributed by atoms with Crippen LogP contribution in [0.4, 0.5) is 23.2 Å². The molecule has 0 atom stereocenters. The Hall–Kier alpha value is -2.57. The van der Waals surface area contributed by atoms with Crippen LogP contribution < -0.4 is 10.1 Å². The van der Waals surface area contributed by atoms with E-state index >= 15 is 0 Å². The van der Waals surface area contributed by atoms with E-state index in [-0.39, 0.29) is 18.0 Å². The van der Waals surface area contributed by atoms with Crippen molar-refractivity contribution in [1.29, 1.82) is 0 Å². The lowest BCUT2D eigenvalue weighted by molar-refractivity contribution is -0.139. The normalized spacial score (nSPS) is 16.3. The van der Waals surface area contributed by atoms with Gasteiger partial charge in [0.25, 0.3) is 0 Å². The zero-order valence-corrected chi connectivity index (χ0v) is 16.1. The van der Waals surface area contributed by atoms with Crippen molar-refractivity contribution in [3.8, 4) is 5.75 Å². The van der Waals surface area contributed by atoms with E-state index in [1.807, 2.05) is 0 Å². The molecule has 0 aliphatic heterocycles. The molecule has 0 saturated heterocycles. The van der Waals surface area contributed by atoms with Gasteiger partial charge in [0.15, 0.2) is 0 Å². The fourth-order valence-corrected chi connectivity index (χ4v) is 3.98. The molecule has 0 unspecified atom stereocenters. The number of carbonyl (C=O) groups excluding carboxylic acids is 1. The minimum atomic E-state index is -4.63. The summed E-state index contributed by atoms with van der Waals surface area (Å²) >= 11 is 0. The first-order chi connectivity index (χ1) is 13.8. The Morgan fingerprint density at radius 1 is 1.10 bits per heavy atom. The molecule has 1 aliphatic rings. The molecule has 7 heteroatoms. The zero-order chi connectivity index (χ0) is 21.1. The molecule has 2 aromatic carbocycles. The molecule has 1 fully saturated rings. The predicted molar refractivity (Wildman–Crippen MR) is 102 cm³/mol. The maximum absolute atomic E-state index is 14.5. The van der Waals surface area contributed by atoms with Crippen molar-refractivity contribution in [2.24, 2.45) is 0 Å². The van der Waals surface area contributed by atoms with Crippen LogP contribution >= 0.6 is 0 Å². The molecule has 29 heavy (non-hydrogen) atoms. The molecule has 0 aromatic heterocycles. The van der Waals surface area contributed by atoms with Gasteiger partial charge < -0.3 is 10.1 Å². The average molecular weight is 409 g/mol. The largest absolute Gasteiger partial charge is 0.493 e. The van der Waals surface area contributed by atoms with Gasteiger partial charge in [-0.25, -0.2) is 4.39 Å². The minimum absolute atomic E-state index is 0.00654. The van der Waals surface area contributed by atoms with Gasteiger partial charge in [-0.05, 0) is 44.0 Å². The molecule has 0 radical (unpaired) electrons. The van der Waals surface area contributed by atoms with E-state index in [1.54, 1.807) is 25.1 Å². The summed E-state index contributed by atoms with van der Waals surface area (Å²) in [6.45, 7) is 1.68. The highest BCUT2D eigenvalue weighted by atomic mass is 19.4. The summed E-state index contributed by atoms with van der Waals surface area (Å²) in [5, 5.41) is 2.60. The maximum atomic E-state index is 14.5. The first-order valence-electron chi connectivity index (χ1n) is 9.68. The van der Waals surface area contributed by atoms with Crippen LogP contribution in [0.3, 0.4) is 0 Å². The Bertz CT molecular complexity index is 873. The van der Waals surface area contributed by atoms with Gasteiger partial charge in [0.1, 0.15) is 11.6 Å². The lowest BCUT2D eigenvalue weighted by Crippen LogP contribution is -2.42. The number of nitrogens with one attached hydrogen (secondary N) is 1. The van der Waals surface area contributed by atoms with Crippen molar-refractivity contribution >= 4 is 11.6 Å². The van der Waals surface area contributed by atoms with Crippen LogP contribution in [0.25, 0.3) is 0 Å². The summed E-state index contributed by atoms with van der Waals surface area (Å²) in [6.07, 6.45) is -1.30. The fourth-order valence-electron chi connectivity index (χ4n) is 3.98. The fraction of sp³-hybridized carbons (Fsp3) is 0.409. The second kappa shape index (κ2) is 8.43. The SMILES string of the molecule is CCOc1ccc(NC(=O)C2(c3ccccc3F)CCCCC2)cc1C(F)(F)F.